The molecule has 0 saturated heterocycles. The first-order valence-electron chi connectivity index (χ1n) is 6.79. The van der Waals surface area contributed by atoms with Crippen LogP contribution in [0.1, 0.15) is 66.2 Å². The summed E-state index contributed by atoms with van der Waals surface area (Å²) in [5.41, 5.74) is 0.658. The molecule has 1 aliphatic carbocycles. The third-order valence-corrected chi connectivity index (χ3v) is 4.42. The monoisotopic (exact) mass is 298 g/mol. The normalized spacial score (nSPS) is 31.5. The Morgan fingerprint density at radius 2 is 1.88 bits per heavy atom. The summed E-state index contributed by atoms with van der Waals surface area (Å²) in [5.74, 6) is 2.60. The van der Waals surface area contributed by atoms with Crippen molar-refractivity contribution < 1.29 is 32.7 Å². The molecular formula is C15H29Y-. The van der Waals surface area contributed by atoms with E-state index in [4.69, 9.17) is 0 Å². The van der Waals surface area contributed by atoms with Crippen molar-refractivity contribution in [2.45, 2.75) is 66.2 Å². The van der Waals surface area contributed by atoms with E-state index in [9.17, 15) is 0 Å². The van der Waals surface area contributed by atoms with Crippen molar-refractivity contribution in [2.24, 2.45) is 23.2 Å². The summed E-state index contributed by atoms with van der Waals surface area (Å²) in [6.07, 6.45) is 8.33. The Bertz CT molecular complexity index is 188. The smallest absolute Gasteiger partial charge is 0 e. The molecule has 1 radical (unpaired) electrons. The van der Waals surface area contributed by atoms with Gasteiger partial charge in [-0.3, -0.25) is 0 Å². The van der Waals surface area contributed by atoms with Crippen molar-refractivity contribution >= 4 is 0 Å². The van der Waals surface area contributed by atoms with Gasteiger partial charge in [0.1, 0.15) is 0 Å². The minimum Gasteiger partial charge on any atom is -0.343 e. The first-order valence-corrected chi connectivity index (χ1v) is 6.79. The number of rotatable bonds is 5. The van der Waals surface area contributed by atoms with Crippen LogP contribution >= 0.6 is 0 Å². The fraction of sp³-hybridized carbons (Fsp3) is 0.933. The molecule has 0 amide bonds. The maximum Gasteiger partial charge on any atom is 0 e. The first-order chi connectivity index (χ1) is 7.00. The van der Waals surface area contributed by atoms with Gasteiger partial charge in [0.2, 0.25) is 0 Å². The molecule has 16 heavy (non-hydrogen) atoms. The van der Waals surface area contributed by atoms with Crippen LogP contribution in [0.25, 0.3) is 0 Å². The molecule has 0 aromatic carbocycles. The molecule has 0 spiro atoms. The summed E-state index contributed by atoms with van der Waals surface area (Å²) < 4.78 is 0. The van der Waals surface area contributed by atoms with Gasteiger partial charge in [-0.2, -0.15) is 6.42 Å². The van der Waals surface area contributed by atoms with Crippen molar-refractivity contribution in [3.63, 3.8) is 0 Å². The molecule has 1 rings (SSSR count). The van der Waals surface area contributed by atoms with Crippen LogP contribution in [0, 0.1) is 30.1 Å². The molecule has 0 aliphatic heterocycles. The van der Waals surface area contributed by atoms with Crippen molar-refractivity contribution in [3.05, 3.63) is 6.92 Å². The van der Waals surface area contributed by atoms with Crippen molar-refractivity contribution in [3.8, 4) is 0 Å². The quantitative estimate of drug-likeness (QED) is 0.620. The molecule has 3 unspecified atom stereocenters. The fourth-order valence-corrected chi connectivity index (χ4v) is 3.61. The molecule has 0 N–H and O–H groups in total. The molecule has 1 fully saturated rings. The van der Waals surface area contributed by atoms with Gasteiger partial charge in [0.05, 0.1) is 0 Å². The van der Waals surface area contributed by atoms with E-state index in [1.54, 1.807) is 0 Å². The first kappa shape index (κ1) is 17.1. The van der Waals surface area contributed by atoms with Crippen LogP contribution in [0.2, 0.25) is 0 Å². The third-order valence-electron chi connectivity index (χ3n) is 4.42. The van der Waals surface area contributed by atoms with Gasteiger partial charge in [-0.25, -0.2) is 0 Å². The van der Waals surface area contributed by atoms with Crippen molar-refractivity contribution in [1.29, 1.82) is 0 Å². The molecule has 0 aromatic heterocycles. The Kier molecular flexibility index (Phi) is 8.04. The van der Waals surface area contributed by atoms with Gasteiger partial charge in [-0.05, 0) is 36.5 Å². The molecule has 0 heterocycles. The van der Waals surface area contributed by atoms with E-state index >= 15 is 0 Å². The van der Waals surface area contributed by atoms with E-state index in [1.165, 1.54) is 32.1 Å². The minimum atomic E-state index is 0. The second-order valence-corrected chi connectivity index (χ2v) is 6.35. The van der Waals surface area contributed by atoms with E-state index in [1.807, 2.05) is 0 Å². The summed E-state index contributed by atoms with van der Waals surface area (Å²) in [7, 11) is 0. The Balaban J connectivity index is 0.00000225. The molecule has 0 aromatic rings. The second kappa shape index (κ2) is 7.52. The van der Waals surface area contributed by atoms with E-state index in [0.717, 1.165) is 24.2 Å². The second-order valence-electron chi connectivity index (χ2n) is 6.35. The zero-order chi connectivity index (χ0) is 11.5. The van der Waals surface area contributed by atoms with Crippen LogP contribution in [0.15, 0.2) is 0 Å². The van der Waals surface area contributed by atoms with Crippen LogP contribution in [-0.2, 0) is 32.7 Å². The Labute approximate surface area is 128 Å². The average Bonchev–Trinajstić information content (AvgIpc) is 2.47. The van der Waals surface area contributed by atoms with E-state index in [2.05, 4.69) is 34.6 Å². The summed E-state index contributed by atoms with van der Waals surface area (Å²) >= 11 is 0. The summed E-state index contributed by atoms with van der Waals surface area (Å²) in [5, 5.41) is 0. The van der Waals surface area contributed by atoms with Gasteiger partial charge < -0.3 is 6.92 Å². The molecule has 1 saturated carbocycles. The van der Waals surface area contributed by atoms with Crippen LogP contribution in [0.5, 0.6) is 0 Å². The van der Waals surface area contributed by atoms with Gasteiger partial charge in [0, 0.05) is 32.7 Å². The zero-order valence-corrected chi connectivity index (χ0v) is 14.6. The summed E-state index contributed by atoms with van der Waals surface area (Å²) in [4.78, 5) is 0. The van der Waals surface area contributed by atoms with E-state index in [-0.39, 0.29) is 32.7 Å². The van der Waals surface area contributed by atoms with Gasteiger partial charge in [-0.15, -0.1) is 0 Å². The van der Waals surface area contributed by atoms with Gasteiger partial charge in [0.25, 0.3) is 0 Å². The standard InChI is InChI=1S/C15H29.Y/c1-6-13(4)11-15(10-12(2)3)9-7-8-14(15)5;/h12-14H,1,6-11H2,2-5H3;/q-1;. The van der Waals surface area contributed by atoms with Crippen LogP contribution < -0.4 is 0 Å². The van der Waals surface area contributed by atoms with Crippen LogP contribution in [-0.4, -0.2) is 0 Å². The predicted molar refractivity (Wildman–Crippen MR) is 68.7 cm³/mol. The minimum absolute atomic E-state index is 0. The molecule has 1 aliphatic rings. The molecular weight excluding hydrogens is 269 g/mol. The molecule has 0 bridgehead atoms. The summed E-state index contributed by atoms with van der Waals surface area (Å²) in [6, 6.07) is 0. The SMILES string of the molecule is [CH2-]CC(C)CC1(CC(C)C)CCCC1C.[Y]. The van der Waals surface area contributed by atoms with E-state index in [0.29, 0.717) is 5.41 Å². The van der Waals surface area contributed by atoms with Crippen molar-refractivity contribution in [2.75, 3.05) is 0 Å². The Morgan fingerprint density at radius 3 is 2.25 bits per heavy atom. The zero-order valence-electron chi connectivity index (χ0n) is 11.8. The average molecular weight is 298 g/mol. The number of hydrogen-bond acceptors (Lipinski definition) is 0. The van der Waals surface area contributed by atoms with Crippen LogP contribution in [0.4, 0.5) is 0 Å². The Hall–Kier alpha value is 1.10. The van der Waals surface area contributed by atoms with E-state index < -0.39 is 0 Å². The molecule has 93 valence electrons. The summed E-state index contributed by atoms with van der Waals surface area (Å²) in [6.45, 7) is 13.7. The van der Waals surface area contributed by atoms with Gasteiger partial charge in [0.15, 0.2) is 0 Å². The van der Waals surface area contributed by atoms with Crippen molar-refractivity contribution in [1.82, 2.24) is 0 Å². The van der Waals surface area contributed by atoms with Crippen LogP contribution in [0.3, 0.4) is 0 Å². The number of hydrogen-bond donors (Lipinski definition) is 0. The van der Waals surface area contributed by atoms with Gasteiger partial charge in [-0.1, -0.05) is 46.5 Å². The topological polar surface area (TPSA) is 0 Å². The maximum atomic E-state index is 4.06. The maximum absolute atomic E-state index is 4.06. The molecule has 1 heteroatoms. The Morgan fingerprint density at radius 1 is 1.25 bits per heavy atom. The predicted octanol–water partition coefficient (Wildman–Crippen LogP) is 5.09. The molecule has 3 atom stereocenters. The fourth-order valence-electron chi connectivity index (χ4n) is 3.61. The largest absolute Gasteiger partial charge is 0.343 e. The van der Waals surface area contributed by atoms with Gasteiger partial charge >= 0.3 is 0 Å². The molecule has 0 nitrogen and oxygen atoms in total. The third kappa shape index (κ3) is 4.41.